The number of hydrogen-bond donors (Lipinski definition) is 1. The Kier molecular flexibility index (Phi) is 5.35. The zero-order chi connectivity index (χ0) is 13.7. The number of benzene rings is 2. The second kappa shape index (κ2) is 7.02. The summed E-state index contributed by atoms with van der Waals surface area (Å²) in [7, 11) is 5.97. The number of nitrogens with one attached hydrogen (secondary N) is 1. The van der Waals surface area contributed by atoms with E-state index in [-0.39, 0.29) is 0 Å². The van der Waals surface area contributed by atoms with Gasteiger partial charge in [0, 0.05) is 40.3 Å². The van der Waals surface area contributed by atoms with Gasteiger partial charge in [-0.05, 0) is 22.6 Å². The van der Waals surface area contributed by atoms with Gasteiger partial charge in [0.15, 0.2) is 0 Å². The zero-order valence-electron chi connectivity index (χ0n) is 10.6. The lowest BCUT2D eigenvalue weighted by Crippen LogP contribution is -2.11. The van der Waals surface area contributed by atoms with Gasteiger partial charge < -0.3 is 19.2 Å². The second-order valence-electron chi connectivity index (χ2n) is 3.73. The highest BCUT2D eigenvalue weighted by Crippen LogP contribution is 2.35. The fourth-order valence-corrected chi connectivity index (χ4v) is 2.51. The predicted octanol–water partition coefficient (Wildman–Crippen LogP) is 2.60. The second-order valence-corrected chi connectivity index (χ2v) is 4.81. The number of rotatable bonds is 6. The van der Waals surface area contributed by atoms with E-state index in [1.165, 1.54) is 15.3 Å². The molecule has 0 heterocycles. The minimum absolute atomic E-state index is 0.727. The topological polar surface area (TPSA) is 39.7 Å². The molecule has 0 aliphatic heterocycles. The van der Waals surface area contributed by atoms with Crippen LogP contribution in [0, 0.1) is 3.57 Å². The van der Waals surface area contributed by atoms with Gasteiger partial charge in [0.2, 0.25) is 0 Å². The molecule has 0 aromatic heterocycles. The van der Waals surface area contributed by atoms with E-state index < -0.39 is 0 Å². The van der Waals surface area contributed by atoms with Crippen molar-refractivity contribution in [1.29, 1.82) is 0 Å². The summed E-state index contributed by atoms with van der Waals surface area (Å²) in [5, 5.41) is 5.22. The minimum atomic E-state index is 0.727. The van der Waals surface area contributed by atoms with Crippen molar-refractivity contribution in [3.63, 3.8) is 0 Å². The summed E-state index contributed by atoms with van der Waals surface area (Å²) in [4.78, 5) is 0. The Bertz CT molecular complexity index is 568. The van der Waals surface area contributed by atoms with E-state index in [1.54, 1.807) is 14.2 Å². The molecule has 4 nitrogen and oxygen atoms in total. The van der Waals surface area contributed by atoms with Crippen molar-refractivity contribution in [3.05, 3.63) is 33.9 Å². The number of hydrogen-bond acceptors (Lipinski definition) is 4. The first-order valence-electron chi connectivity index (χ1n) is 5.61. The van der Waals surface area contributed by atoms with Crippen LogP contribution in [0.5, 0.6) is 5.75 Å². The monoisotopic (exact) mass is 367 g/mol. The fourth-order valence-electron chi connectivity index (χ4n) is 1.73. The Morgan fingerprint density at radius 3 is 2.53 bits per heavy atom. The van der Waals surface area contributed by atoms with Crippen LogP contribution in [0.4, 0.5) is 5.69 Å². The smallest absolute Gasteiger partial charge is 0.537 e. The van der Waals surface area contributed by atoms with Gasteiger partial charge in [0.25, 0.3) is 0 Å². The minimum Gasteiger partial charge on any atom is -0.537 e. The van der Waals surface area contributed by atoms with Crippen molar-refractivity contribution in [2.75, 3.05) is 19.4 Å². The molecule has 2 aromatic carbocycles. The summed E-state index contributed by atoms with van der Waals surface area (Å²) in [6.45, 7) is 0. The lowest BCUT2D eigenvalue weighted by molar-refractivity contribution is 0.367. The molecule has 0 spiro atoms. The molecule has 0 saturated heterocycles. The van der Waals surface area contributed by atoms with Crippen molar-refractivity contribution < 1.29 is 14.0 Å². The molecule has 7 heteroatoms. The van der Waals surface area contributed by atoms with Crippen LogP contribution >= 0.6 is 22.6 Å². The molecule has 0 saturated carbocycles. The molecule has 0 amide bonds. The summed E-state index contributed by atoms with van der Waals surface area (Å²) >= 11 is 2.30. The highest BCUT2D eigenvalue weighted by atomic mass is 127. The van der Waals surface area contributed by atoms with Crippen molar-refractivity contribution >= 4 is 54.4 Å². The predicted molar refractivity (Wildman–Crippen MR) is 86.4 cm³/mol. The highest BCUT2D eigenvalue weighted by molar-refractivity contribution is 14.1. The maximum Gasteiger partial charge on any atom is 0.572 e. The fraction of sp³-hybridized carbons (Fsp3) is 0.167. The normalized spacial score (nSPS) is 10.3. The van der Waals surface area contributed by atoms with Crippen molar-refractivity contribution in [2.45, 2.75) is 0 Å². The Labute approximate surface area is 127 Å². The van der Waals surface area contributed by atoms with Crippen LogP contribution < -0.4 is 9.88 Å². The molecule has 19 heavy (non-hydrogen) atoms. The van der Waals surface area contributed by atoms with E-state index in [2.05, 4.69) is 33.9 Å². The third kappa shape index (κ3) is 3.34. The van der Waals surface area contributed by atoms with Crippen LogP contribution in [0.2, 0.25) is 0 Å². The first-order valence-corrected chi connectivity index (χ1v) is 6.69. The van der Waals surface area contributed by atoms with E-state index in [1.807, 2.05) is 24.3 Å². The van der Waals surface area contributed by atoms with Crippen LogP contribution in [0.25, 0.3) is 10.8 Å². The maximum absolute atomic E-state index is 5.50. The summed E-state index contributed by atoms with van der Waals surface area (Å²) in [5.41, 5.74) is 0.917. The SMILES string of the molecule is CO[B]Nc1cc(O[B]OC)c2ccccc2c1I. The van der Waals surface area contributed by atoms with Gasteiger partial charge in [-0.15, -0.1) is 0 Å². The van der Waals surface area contributed by atoms with Gasteiger partial charge in [-0.25, -0.2) is 0 Å². The summed E-state index contributed by atoms with van der Waals surface area (Å²) < 4.78 is 16.4. The van der Waals surface area contributed by atoms with Crippen LogP contribution in [0.3, 0.4) is 0 Å². The van der Waals surface area contributed by atoms with Gasteiger partial charge in [-0.2, -0.15) is 0 Å². The quantitative estimate of drug-likeness (QED) is 0.630. The van der Waals surface area contributed by atoms with Crippen molar-refractivity contribution in [3.8, 4) is 5.75 Å². The van der Waals surface area contributed by atoms with Gasteiger partial charge in [0.1, 0.15) is 5.75 Å². The molecule has 0 atom stereocenters. The summed E-state index contributed by atoms with van der Waals surface area (Å²) in [6.07, 6.45) is 0. The van der Waals surface area contributed by atoms with Crippen molar-refractivity contribution in [2.24, 2.45) is 0 Å². The number of fused-ring (bicyclic) bond motifs is 1. The Balaban J connectivity index is 2.48. The van der Waals surface area contributed by atoms with Gasteiger partial charge in [-0.1, -0.05) is 24.3 Å². The molecule has 0 aliphatic rings. The lowest BCUT2D eigenvalue weighted by atomic mass is 10.1. The third-order valence-corrected chi connectivity index (χ3v) is 3.71. The highest BCUT2D eigenvalue weighted by Gasteiger charge is 2.11. The van der Waals surface area contributed by atoms with E-state index >= 15 is 0 Å². The van der Waals surface area contributed by atoms with E-state index in [4.69, 9.17) is 14.0 Å². The molecule has 0 unspecified atom stereocenters. The first kappa shape index (κ1) is 14.5. The molecule has 1 N–H and O–H groups in total. The van der Waals surface area contributed by atoms with Gasteiger partial charge in [-0.3, -0.25) is 0 Å². The zero-order valence-corrected chi connectivity index (χ0v) is 12.8. The first-order chi connectivity index (χ1) is 9.27. The molecular formula is C12H12B2INO3. The molecule has 0 bridgehead atoms. The average Bonchev–Trinajstić information content (AvgIpc) is 2.45. The van der Waals surface area contributed by atoms with Crippen LogP contribution in [-0.2, 0) is 9.31 Å². The van der Waals surface area contributed by atoms with Crippen LogP contribution in [0.1, 0.15) is 0 Å². The van der Waals surface area contributed by atoms with Crippen LogP contribution in [-0.4, -0.2) is 29.5 Å². The van der Waals surface area contributed by atoms with Crippen LogP contribution in [0.15, 0.2) is 30.3 Å². The van der Waals surface area contributed by atoms with Gasteiger partial charge in [0.05, 0.1) is 0 Å². The number of anilines is 1. The Morgan fingerprint density at radius 2 is 1.84 bits per heavy atom. The Hall–Kier alpha value is -0.920. The standard InChI is InChI=1S/C12H12B2INO3/c1-17-13-16-10-7-11(19-14-18-2)8-5-3-4-6-9(8)12(10)15/h3-7,16H,1-2H3. The molecule has 0 fully saturated rings. The summed E-state index contributed by atoms with van der Waals surface area (Å²) in [6, 6.07) is 9.95. The van der Waals surface area contributed by atoms with Gasteiger partial charge >= 0.3 is 15.3 Å². The Morgan fingerprint density at radius 1 is 1.11 bits per heavy atom. The third-order valence-electron chi connectivity index (χ3n) is 2.54. The molecule has 2 radical (unpaired) electrons. The summed E-state index contributed by atoms with van der Waals surface area (Å²) in [5.74, 6) is 0.727. The molecular weight excluding hydrogens is 355 g/mol. The van der Waals surface area contributed by atoms with Crippen molar-refractivity contribution in [1.82, 2.24) is 0 Å². The molecule has 2 rings (SSSR count). The average molecular weight is 367 g/mol. The van der Waals surface area contributed by atoms with E-state index in [0.717, 1.165) is 25.8 Å². The number of halogens is 1. The lowest BCUT2D eigenvalue weighted by Gasteiger charge is -2.14. The molecule has 96 valence electrons. The molecule has 0 aliphatic carbocycles. The maximum atomic E-state index is 5.50. The molecule has 2 aromatic rings. The van der Waals surface area contributed by atoms with E-state index in [9.17, 15) is 0 Å². The van der Waals surface area contributed by atoms with E-state index in [0.29, 0.717) is 0 Å². The largest absolute Gasteiger partial charge is 0.572 e.